The average molecular weight is 308 g/mol. The number of hydrogen-bond donors (Lipinski definition) is 1. The first-order valence-corrected chi connectivity index (χ1v) is 8.36. The molecule has 2 saturated heterocycles. The molecule has 3 rings (SSSR count). The van der Waals surface area contributed by atoms with Gasteiger partial charge in [-0.15, -0.1) is 0 Å². The van der Waals surface area contributed by atoms with Gasteiger partial charge >= 0.3 is 5.97 Å². The standard InChI is InChI=1S/C16H24N2O4/c19-14(11-5-6-11)17-7-1-3-12(9-17)15(20)18-8-2-4-13(10-18)16(21)22/h11-13H,1-10H2,(H,21,22)/t12-,13+/m1/s1. The molecule has 2 amide bonds. The van der Waals surface area contributed by atoms with E-state index in [0.29, 0.717) is 26.1 Å². The fourth-order valence-corrected chi connectivity index (χ4v) is 3.60. The number of carbonyl (C=O) groups excluding carboxylic acids is 2. The third-order valence-electron chi connectivity index (χ3n) is 5.09. The molecule has 0 spiro atoms. The smallest absolute Gasteiger partial charge is 0.308 e. The number of carboxylic acid groups (broad SMARTS) is 1. The summed E-state index contributed by atoms with van der Waals surface area (Å²) in [5.74, 6) is -0.958. The van der Waals surface area contributed by atoms with Crippen LogP contribution in [0.15, 0.2) is 0 Å². The van der Waals surface area contributed by atoms with Crippen LogP contribution in [0, 0.1) is 17.8 Å². The van der Waals surface area contributed by atoms with Gasteiger partial charge < -0.3 is 14.9 Å². The summed E-state index contributed by atoms with van der Waals surface area (Å²) in [6, 6.07) is 0. The molecule has 1 aliphatic carbocycles. The van der Waals surface area contributed by atoms with Gasteiger partial charge in [-0.3, -0.25) is 14.4 Å². The van der Waals surface area contributed by atoms with Gasteiger partial charge in [0.05, 0.1) is 11.8 Å². The molecule has 6 heteroatoms. The highest BCUT2D eigenvalue weighted by molar-refractivity contribution is 5.84. The quantitative estimate of drug-likeness (QED) is 0.842. The highest BCUT2D eigenvalue weighted by atomic mass is 16.4. The monoisotopic (exact) mass is 308 g/mol. The molecule has 0 aromatic rings. The third-order valence-corrected chi connectivity index (χ3v) is 5.09. The molecule has 0 aromatic carbocycles. The summed E-state index contributed by atoms with van der Waals surface area (Å²) in [7, 11) is 0. The predicted octanol–water partition coefficient (Wildman–Crippen LogP) is 0.958. The van der Waals surface area contributed by atoms with Crippen LogP contribution in [-0.2, 0) is 14.4 Å². The first-order valence-electron chi connectivity index (χ1n) is 8.36. The lowest BCUT2D eigenvalue weighted by Gasteiger charge is -2.37. The predicted molar refractivity (Wildman–Crippen MR) is 79.0 cm³/mol. The molecule has 0 radical (unpaired) electrons. The summed E-state index contributed by atoms with van der Waals surface area (Å²) < 4.78 is 0. The summed E-state index contributed by atoms with van der Waals surface area (Å²) in [6.45, 7) is 2.25. The van der Waals surface area contributed by atoms with Gasteiger partial charge in [0.1, 0.15) is 0 Å². The second kappa shape index (κ2) is 6.26. The number of piperidine rings is 2. The van der Waals surface area contributed by atoms with Crippen molar-refractivity contribution in [2.24, 2.45) is 17.8 Å². The topological polar surface area (TPSA) is 77.9 Å². The molecule has 3 fully saturated rings. The number of nitrogens with zero attached hydrogens (tertiary/aromatic N) is 2. The van der Waals surface area contributed by atoms with Gasteiger partial charge in [0.25, 0.3) is 0 Å². The number of carbonyl (C=O) groups is 3. The van der Waals surface area contributed by atoms with E-state index in [9.17, 15) is 14.4 Å². The second-order valence-electron chi connectivity index (χ2n) is 6.86. The fourth-order valence-electron chi connectivity index (χ4n) is 3.60. The van der Waals surface area contributed by atoms with E-state index in [1.165, 1.54) is 0 Å². The van der Waals surface area contributed by atoms with Crippen molar-refractivity contribution < 1.29 is 19.5 Å². The molecular formula is C16H24N2O4. The lowest BCUT2D eigenvalue weighted by molar-refractivity contribution is -0.147. The Labute approximate surface area is 130 Å². The van der Waals surface area contributed by atoms with Gasteiger partial charge in [0.2, 0.25) is 11.8 Å². The van der Waals surface area contributed by atoms with Crippen molar-refractivity contribution in [2.45, 2.75) is 38.5 Å². The zero-order valence-corrected chi connectivity index (χ0v) is 12.9. The van der Waals surface area contributed by atoms with Gasteiger partial charge in [0.15, 0.2) is 0 Å². The Hall–Kier alpha value is -1.59. The number of likely N-dealkylation sites (tertiary alicyclic amines) is 2. The molecule has 1 saturated carbocycles. The van der Waals surface area contributed by atoms with Crippen LogP contribution in [0.1, 0.15) is 38.5 Å². The van der Waals surface area contributed by atoms with Crippen molar-refractivity contribution in [1.29, 1.82) is 0 Å². The first kappa shape index (κ1) is 15.3. The van der Waals surface area contributed by atoms with Crippen molar-refractivity contribution in [3.8, 4) is 0 Å². The summed E-state index contributed by atoms with van der Waals surface area (Å²) in [6.07, 6.45) is 5.05. The lowest BCUT2D eigenvalue weighted by atomic mass is 9.93. The molecule has 2 heterocycles. The van der Waals surface area contributed by atoms with E-state index >= 15 is 0 Å². The number of carboxylic acids is 1. The molecular weight excluding hydrogens is 284 g/mol. The minimum Gasteiger partial charge on any atom is -0.481 e. The summed E-state index contributed by atoms with van der Waals surface area (Å²) in [5.41, 5.74) is 0. The van der Waals surface area contributed by atoms with Gasteiger partial charge in [-0.25, -0.2) is 0 Å². The molecule has 122 valence electrons. The van der Waals surface area contributed by atoms with Crippen molar-refractivity contribution >= 4 is 17.8 Å². The maximum absolute atomic E-state index is 12.7. The number of aliphatic carboxylic acids is 1. The number of hydrogen-bond acceptors (Lipinski definition) is 3. The zero-order chi connectivity index (χ0) is 15.7. The van der Waals surface area contributed by atoms with Gasteiger partial charge in [-0.05, 0) is 38.5 Å². The molecule has 3 aliphatic rings. The maximum atomic E-state index is 12.7. The van der Waals surface area contributed by atoms with Crippen LogP contribution in [0.5, 0.6) is 0 Å². The lowest BCUT2D eigenvalue weighted by Crippen LogP contribution is -2.50. The van der Waals surface area contributed by atoms with Gasteiger partial charge in [-0.2, -0.15) is 0 Å². The Morgan fingerprint density at radius 3 is 1.77 bits per heavy atom. The van der Waals surface area contributed by atoms with Crippen LogP contribution in [0.4, 0.5) is 0 Å². The minimum absolute atomic E-state index is 0.0410. The van der Waals surface area contributed by atoms with Crippen LogP contribution < -0.4 is 0 Å². The van der Waals surface area contributed by atoms with E-state index in [1.807, 2.05) is 4.90 Å². The molecule has 22 heavy (non-hydrogen) atoms. The van der Waals surface area contributed by atoms with Crippen molar-refractivity contribution in [1.82, 2.24) is 9.80 Å². The second-order valence-corrected chi connectivity index (χ2v) is 6.86. The van der Waals surface area contributed by atoms with Crippen LogP contribution in [0.2, 0.25) is 0 Å². The number of rotatable bonds is 3. The zero-order valence-electron chi connectivity index (χ0n) is 12.9. The Morgan fingerprint density at radius 1 is 0.727 bits per heavy atom. The summed E-state index contributed by atoms with van der Waals surface area (Å²) >= 11 is 0. The van der Waals surface area contributed by atoms with Crippen LogP contribution in [0.25, 0.3) is 0 Å². The summed E-state index contributed by atoms with van der Waals surface area (Å²) in [5, 5.41) is 9.14. The third kappa shape index (κ3) is 3.25. The van der Waals surface area contributed by atoms with Crippen LogP contribution in [0.3, 0.4) is 0 Å². The normalized spacial score (nSPS) is 29.3. The minimum atomic E-state index is -0.813. The highest BCUT2D eigenvalue weighted by Gasteiger charge is 2.38. The van der Waals surface area contributed by atoms with E-state index in [1.54, 1.807) is 4.90 Å². The molecule has 2 aliphatic heterocycles. The van der Waals surface area contributed by atoms with Crippen LogP contribution in [-0.4, -0.2) is 58.9 Å². The Morgan fingerprint density at radius 2 is 1.23 bits per heavy atom. The van der Waals surface area contributed by atoms with Crippen molar-refractivity contribution in [3.05, 3.63) is 0 Å². The Balaban J connectivity index is 1.58. The van der Waals surface area contributed by atoms with E-state index < -0.39 is 11.9 Å². The molecule has 0 bridgehead atoms. The molecule has 1 N–H and O–H groups in total. The van der Waals surface area contributed by atoms with Crippen molar-refractivity contribution in [2.75, 3.05) is 26.2 Å². The Kier molecular flexibility index (Phi) is 4.36. The SMILES string of the molecule is O=C(O)[C@H]1CCCN(C(=O)[C@@H]2CCCN(C(=O)C3CC3)C2)C1. The highest BCUT2D eigenvalue weighted by Crippen LogP contribution is 2.33. The molecule has 0 unspecified atom stereocenters. The first-order chi connectivity index (χ1) is 10.6. The average Bonchev–Trinajstić information content (AvgIpc) is 3.38. The molecule has 6 nitrogen and oxygen atoms in total. The maximum Gasteiger partial charge on any atom is 0.308 e. The Bertz CT molecular complexity index is 475. The number of amides is 2. The van der Waals surface area contributed by atoms with Gasteiger partial charge in [-0.1, -0.05) is 0 Å². The van der Waals surface area contributed by atoms with E-state index in [0.717, 1.165) is 38.6 Å². The van der Waals surface area contributed by atoms with E-state index in [-0.39, 0.29) is 23.7 Å². The van der Waals surface area contributed by atoms with Crippen molar-refractivity contribution in [3.63, 3.8) is 0 Å². The van der Waals surface area contributed by atoms with E-state index in [2.05, 4.69) is 0 Å². The summed E-state index contributed by atoms with van der Waals surface area (Å²) in [4.78, 5) is 39.5. The van der Waals surface area contributed by atoms with Gasteiger partial charge in [0, 0.05) is 32.1 Å². The largest absolute Gasteiger partial charge is 0.481 e. The van der Waals surface area contributed by atoms with Crippen LogP contribution >= 0.6 is 0 Å². The fraction of sp³-hybridized carbons (Fsp3) is 0.812. The molecule has 0 aromatic heterocycles. The van der Waals surface area contributed by atoms with E-state index in [4.69, 9.17) is 5.11 Å². The molecule has 2 atom stereocenters.